The van der Waals surface area contributed by atoms with Crippen LogP contribution in [0, 0.1) is 0 Å². The Morgan fingerprint density at radius 1 is 1.47 bits per heavy atom. The molecule has 2 heterocycles. The fourth-order valence-corrected chi connectivity index (χ4v) is 2.42. The van der Waals surface area contributed by atoms with Gasteiger partial charge >= 0.3 is 6.09 Å². The van der Waals surface area contributed by atoms with Crippen molar-refractivity contribution in [3.05, 3.63) is 12.3 Å². The Balaban J connectivity index is 2.05. The van der Waals surface area contributed by atoms with Crippen molar-refractivity contribution in [1.29, 1.82) is 0 Å². The van der Waals surface area contributed by atoms with Crippen molar-refractivity contribution in [2.45, 2.75) is 18.4 Å². The Kier molecular flexibility index (Phi) is 2.73. The van der Waals surface area contributed by atoms with Crippen molar-refractivity contribution in [2.24, 2.45) is 0 Å². The molecule has 6 heteroatoms. The second-order valence-corrected chi connectivity index (χ2v) is 4.64. The summed E-state index contributed by atoms with van der Waals surface area (Å²) in [4.78, 5) is 25.3. The molecule has 1 N–H and O–H groups in total. The van der Waals surface area contributed by atoms with Crippen molar-refractivity contribution in [1.82, 2.24) is 9.80 Å². The monoisotopic (exact) mass is 240 g/mol. The topological polar surface area (TPSA) is 70.1 Å². The first-order valence-corrected chi connectivity index (χ1v) is 5.55. The van der Waals surface area contributed by atoms with Crippen LogP contribution in [-0.4, -0.2) is 59.2 Å². The summed E-state index contributed by atoms with van der Waals surface area (Å²) in [5.74, 6) is -0.0428. The minimum atomic E-state index is -0.904. The zero-order valence-electron chi connectivity index (χ0n) is 9.81. The van der Waals surface area contributed by atoms with Crippen LogP contribution in [0.4, 0.5) is 4.79 Å². The summed E-state index contributed by atoms with van der Waals surface area (Å²) in [6.07, 6.45) is 0.283. The number of carbonyl (C=O) groups excluding carboxylic acids is 1. The van der Waals surface area contributed by atoms with Crippen LogP contribution < -0.4 is 0 Å². The van der Waals surface area contributed by atoms with E-state index < -0.39 is 11.7 Å². The largest absolute Gasteiger partial charge is 0.480 e. The van der Waals surface area contributed by atoms with Crippen molar-refractivity contribution in [3.63, 3.8) is 0 Å². The molecule has 1 spiro atoms. The van der Waals surface area contributed by atoms with Gasteiger partial charge in [0.25, 0.3) is 5.91 Å². The third-order valence-electron chi connectivity index (χ3n) is 3.40. The lowest BCUT2D eigenvalue weighted by atomic mass is 9.89. The number of amides is 2. The molecule has 17 heavy (non-hydrogen) atoms. The highest BCUT2D eigenvalue weighted by molar-refractivity contribution is 5.91. The fraction of sp³-hybridized carbons (Fsp3) is 0.636. The van der Waals surface area contributed by atoms with Gasteiger partial charge in [0.1, 0.15) is 5.60 Å². The molecule has 6 nitrogen and oxygen atoms in total. The normalized spacial score (nSPS) is 23.8. The molecule has 2 aliphatic heterocycles. The van der Waals surface area contributed by atoms with Gasteiger partial charge in [0.2, 0.25) is 0 Å². The summed E-state index contributed by atoms with van der Waals surface area (Å²) < 4.78 is 5.62. The maximum Gasteiger partial charge on any atom is 0.407 e. The minimum Gasteiger partial charge on any atom is -0.480 e. The Morgan fingerprint density at radius 2 is 2.06 bits per heavy atom. The molecule has 94 valence electrons. The molecule has 2 saturated heterocycles. The van der Waals surface area contributed by atoms with Gasteiger partial charge in [0.05, 0.1) is 6.54 Å². The van der Waals surface area contributed by atoms with Gasteiger partial charge in [0, 0.05) is 33.0 Å². The molecule has 0 atom stereocenters. The number of ether oxygens (including phenoxy) is 1. The molecule has 2 rings (SSSR count). The number of hydrogen-bond donors (Lipinski definition) is 1. The van der Waals surface area contributed by atoms with E-state index in [9.17, 15) is 9.59 Å². The van der Waals surface area contributed by atoms with Crippen LogP contribution in [0.3, 0.4) is 0 Å². The Bertz CT molecular complexity index is 372. The molecule has 2 aliphatic rings. The van der Waals surface area contributed by atoms with Gasteiger partial charge in [-0.1, -0.05) is 6.58 Å². The SMILES string of the molecule is C=C1OC2(CCN(C(=O)O)CC2)CN(C)C1=O. The summed E-state index contributed by atoms with van der Waals surface area (Å²) in [6.45, 7) is 4.97. The van der Waals surface area contributed by atoms with E-state index in [1.54, 1.807) is 11.9 Å². The van der Waals surface area contributed by atoms with E-state index in [1.807, 2.05) is 0 Å². The highest BCUT2D eigenvalue weighted by Crippen LogP contribution is 2.33. The Morgan fingerprint density at radius 3 is 2.53 bits per heavy atom. The summed E-state index contributed by atoms with van der Waals surface area (Å²) in [6, 6.07) is 0. The van der Waals surface area contributed by atoms with Crippen LogP contribution in [0.1, 0.15) is 12.8 Å². The molecule has 2 fully saturated rings. The minimum absolute atomic E-state index is 0.155. The predicted molar refractivity (Wildman–Crippen MR) is 59.4 cm³/mol. The lowest BCUT2D eigenvalue weighted by molar-refractivity contribution is -0.152. The van der Waals surface area contributed by atoms with Crippen LogP contribution in [0.25, 0.3) is 0 Å². The molecule has 0 aromatic heterocycles. The van der Waals surface area contributed by atoms with Crippen molar-refractivity contribution >= 4 is 12.0 Å². The average molecular weight is 240 g/mol. The fourth-order valence-electron chi connectivity index (χ4n) is 2.42. The predicted octanol–water partition coefficient (Wildman–Crippen LogP) is 0.501. The molecule has 2 amide bonds. The molecule has 0 aromatic rings. The first kappa shape index (κ1) is 11.8. The zero-order valence-corrected chi connectivity index (χ0v) is 9.81. The number of carbonyl (C=O) groups is 2. The number of nitrogens with zero attached hydrogens (tertiary/aromatic N) is 2. The summed E-state index contributed by atoms with van der Waals surface area (Å²) in [5.41, 5.74) is -0.453. The number of rotatable bonds is 0. The van der Waals surface area contributed by atoms with Gasteiger partial charge in [-0.25, -0.2) is 4.79 Å². The number of piperidine rings is 1. The second-order valence-electron chi connectivity index (χ2n) is 4.64. The van der Waals surface area contributed by atoms with Gasteiger partial charge < -0.3 is 19.6 Å². The van der Waals surface area contributed by atoms with E-state index in [4.69, 9.17) is 9.84 Å². The Hall–Kier alpha value is -1.72. The number of morpholine rings is 1. The van der Waals surface area contributed by atoms with Crippen LogP contribution in [0.5, 0.6) is 0 Å². The first-order chi connectivity index (χ1) is 7.93. The van der Waals surface area contributed by atoms with E-state index in [0.29, 0.717) is 32.5 Å². The highest BCUT2D eigenvalue weighted by atomic mass is 16.5. The van der Waals surface area contributed by atoms with Crippen LogP contribution >= 0.6 is 0 Å². The lowest BCUT2D eigenvalue weighted by Gasteiger charge is -2.46. The maximum atomic E-state index is 11.5. The van der Waals surface area contributed by atoms with Crippen LogP contribution in [-0.2, 0) is 9.53 Å². The van der Waals surface area contributed by atoms with Crippen molar-refractivity contribution in [2.75, 3.05) is 26.7 Å². The quantitative estimate of drug-likeness (QED) is 0.626. The smallest absolute Gasteiger partial charge is 0.407 e. The third kappa shape index (κ3) is 2.07. The van der Waals surface area contributed by atoms with Gasteiger partial charge in [-0.05, 0) is 0 Å². The molecule has 0 bridgehead atoms. The molecule has 0 radical (unpaired) electrons. The highest BCUT2D eigenvalue weighted by Gasteiger charge is 2.44. The standard InChI is InChI=1S/C11H16N2O4/c1-8-9(14)12(2)7-11(17-8)3-5-13(6-4-11)10(15)16/h1,3-7H2,2H3,(H,15,16). The van der Waals surface area contributed by atoms with E-state index in [-0.39, 0.29) is 11.7 Å². The van der Waals surface area contributed by atoms with Gasteiger partial charge in [-0.2, -0.15) is 0 Å². The summed E-state index contributed by atoms with van der Waals surface area (Å²) in [5, 5.41) is 8.87. The van der Waals surface area contributed by atoms with Gasteiger partial charge in [-0.3, -0.25) is 4.79 Å². The van der Waals surface area contributed by atoms with Crippen molar-refractivity contribution < 1.29 is 19.4 Å². The zero-order chi connectivity index (χ0) is 12.6. The number of likely N-dealkylation sites (tertiary alicyclic amines) is 1. The molecule has 0 aliphatic carbocycles. The number of carboxylic acid groups (broad SMARTS) is 1. The van der Waals surface area contributed by atoms with Crippen molar-refractivity contribution in [3.8, 4) is 0 Å². The second kappa shape index (κ2) is 3.94. The summed E-state index contributed by atoms with van der Waals surface area (Å²) in [7, 11) is 1.71. The van der Waals surface area contributed by atoms with Crippen LogP contribution in [0.2, 0.25) is 0 Å². The number of likely N-dealkylation sites (N-methyl/N-ethyl adjacent to an activating group) is 1. The van der Waals surface area contributed by atoms with E-state index in [1.165, 1.54) is 4.90 Å². The Labute approximate surface area is 99.4 Å². The van der Waals surface area contributed by atoms with E-state index in [0.717, 1.165) is 0 Å². The van der Waals surface area contributed by atoms with E-state index >= 15 is 0 Å². The molecular weight excluding hydrogens is 224 g/mol. The molecule has 0 unspecified atom stereocenters. The van der Waals surface area contributed by atoms with Gasteiger partial charge in [-0.15, -0.1) is 0 Å². The maximum absolute atomic E-state index is 11.5. The number of hydrogen-bond acceptors (Lipinski definition) is 3. The molecule has 0 aromatic carbocycles. The molecule has 0 saturated carbocycles. The summed E-state index contributed by atoms with van der Waals surface area (Å²) >= 11 is 0. The van der Waals surface area contributed by atoms with Crippen LogP contribution in [0.15, 0.2) is 12.3 Å². The lowest BCUT2D eigenvalue weighted by Crippen LogP contribution is -2.57. The van der Waals surface area contributed by atoms with E-state index in [2.05, 4.69) is 6.58 Å². The average Bonchev–Trinajstić information content (AvgIpc) is 2.26. The third-order valence-corrected chi connectivity index (χ3v) is 3.40. The van der Waals surface area contributed by atoms with Gasteiger partial charge in [0.15, 0.2) is 5.76 Å². The molecular formula is C11H16N2O4. The first-order valence-electron chi connectivity index (χ1n) is 5.55.